The minimum atomic E-state index is -1.96. The normalized spacial score (nSPS) is 25.9. The van der Waals surface area contributed by atoms with Crippen molar-refractivity contribution < 1.29 is 111 Å². The number of nitrogens with two attached hydrogens (primary N) is 2. The van der Waals surface area contributed by atoms with Gasteiger partial charge in [0.15, 0.2) is 11.5 Å². The van der Waals surface area contributed by atoms with Gasteiger partial charge in [-0.2, -0.15) is 0 Å². The number of Topliss-reactive ketones (excluding diaryl/α,β-unsaturated/α-hetero) is 1. The number of ether oxygens (including phenoxy) is 5. The molecule has 18 N–H and O–H groups in total. The number of epoxide rings is 1. The van der Waals surface area contributed by atoms with Crippen LogP contribution in [-0.2, 0) is 102 Å². The number of hydrogen-bond acceptors (Lipinski definition) is 28. The summed E-state index contributed by atoms with van der Waals surface area (Å²) in [6.45, 7) is 11.0. The van der Waals surface area contributed by atoms with Gasteiger partial charge < -0.3 is 113 Å². The highest BCUT2D eigenvalue weighted by atomic mass is 35.5. The van der Waals surface area contributed by atoms with E-state index in [4.69, 9.17) is 46.8 Å². The second-order valence-electron chi connectivity index (χ2n) is 34.1. The van der Waals surface area contributed by atoms with E-state index in [2.05, 4.69) is 53.2 Å². The van der Waals surface area contributed by atoms with Crippen LogP contribution in [0.2, 0.25) is 5.02 Å². The Kier molecular flexibility index (Phi) is 40.3. The number of nitrogens with zero attached hydrogens (tertiary/aromatic N) is 2. The number of methoxy groups -OCH3 is 2. The van der Waals surface area contributed by atoms with Crippen molar-refractivity contribution >= 4 is 149 Å². The highest BCUT2D eigenvalue weighted by Crippen LogP contribution is 2.50. The lowest BCUT2D eigenvalue weighted by molar-refractivity contribution is -0.162. The lowest BCUT2D eigenvalue weighted by atomic mass is 9.83. The second kappa shape index (κ2) is 50.4. The summed E-state index contributed by atoms with van der Waals surface area (Å²) < 4.78 is 29.7. The lowest BCUT2D eigenvalue weighted by Gasteiger charge is -2.42. The van der Waals surface area contributed by atoms with E-state index in [0.717, 1.165) is 71.7 Å². The van der Waals surface area contributed by atoms with Crippen LogP contribution >= 0.6 is 54.8 Å². The number of phenolic OH excluding ortho intramolecular Hbond substituents is 1. The van der Waals surface area contributed by atoms with Crippen LogP contribution < -0.4 is 74.3 Å². The molecule has 134 heavy (non-hydrogen) atoms. The summed E-state index contributed by atoms with van der Waals surface area (Å²) >= 11 is 6.89. The molecule has 37 nitrogen and oxygen atoms in total. The highest BCUT2D eigenvalue weighted by molar-refractivity contribution is 8.77. The number of amides is 13. The summed E-state index contributed by atoms with van der Waals surface area (Å²) in [4.78, 5) is 205. The molecule has 0 saturated carbocycles. The zero-order valence-electron chi connectivity index (χ0n) is 76.6. The smallest absolute Gasteiger partial charge is 0.409 e. The van der Waals surface area contributed by atoms with E-state index in [1.807, 2.05) is 37.3 Å². The van der Waals surface area contributed by atoms with Gasteiger partial charge in [-0.3, -0.25) is 58.1 Å². The molecule has 0 radical (unpaired) electrons. The SMILES string of the molecule is CCNC(=O)N[C@H](Cc1ccccc1)C(=O)N[C@H]1CSSC[C@@H](C(=O)N[C@H](C(=O)N[C@@H](CSSCCC(=O)N(C)[C@@H](C)C(=O)O[C@H]2CC(=O)N(C)c3cc(cc(OC)c3Cl)C/C(C)=C/C=C/[C@@H](OC)[C@@]3(O)C[C@H](OC(=O)N3)[C@@H](C)[C@@H]3O[C@@]23C)C(N)=O)[C@@H](C)O)NC(=O)[C@H]([C@@H](C)O)NC(=O)[C@H](CCCCN)NC(=O)[C@@H](CC2=CCc3ccccc32)NC(=O)[C@H](Cc2ccc(O)cc2)CC1=O. The molecule has 9 rings (SSSR count). The number of carbonyl (C=O) groups excluding carboxylic acids is 14. The van der Waals surface area contributed by atoms with Crippen molar-refractivity contribution in [2.75, 3.05) is 69.3 Å². The molecule has 0 unspecified atom stereocenters. The van der Waals surface area contributed by atoms with Gasteiger partial charge in [0.1, 0.15) is 88.8 Å². The molecule has 19 atom stereocenters. The van der Waals surface area contributed by atoms with Crippen LogP contribution in [0.5, 0.6) is 11.5 Å². The van der Waals surface area contributed by atoms with E-state index in [1.54, 1.807) is 93.6 Å². The predicted octanol–water partition coefficient (Wildman–Crippen LogP) is 3.93. The molecule has 42 heteroatoms. The Morgan fingerprint density at radius 1 is 0.813 bits per heavy atom. The third-order valence-corrected chi connectivity index (χ3v) is 29.2. The Labute approximate surface area is 799 Å². The Balaban J connectivity index is 0.914. The zero-order chi connectivity index (χ0) is 98.0. The van der Waals surface area contributed by atoms with Crippen LogP contribution in [0.3, 0.4) is 0 Å². The largest absolute Gasteiger partial charge is 0.508 e. The second-order valence-corrected chi connectivity index (χ2v) is 39.6. The maximum atomic E-state index is 15.4. The molecule has 3 fully saturated rings. The molecule has 4 bridgehead atoms. The predicted molar refractivity (Wildman–Crippen MR) is 508 cm³/mol. The van der Waals surface area contributed by atoms with Gasteiger partial charge in [0.05, 0.1) is 43.6 Å². The number of urea groups is 1. The van der Waals surface area contributed by atoms with Crippen LogP contribution in [0.25, 0.3) is 5.57 Å². The van der Waals surface area contributed by atoms with Gasteiger partial charge in [0, 0.05) is 94.7 Å². The van der Waals surface area contributed by atoms with Gasteiger partial charge in [-0.15, -0.1) is 0 Å². The van der Waals surface area contributed by atoms with E-state index in [1.165, 1.54) is 59.2 Å². The minimum Gasteiger partial charge on any atom is -0.508 e. The maximum absolute atomic E-state index is 15.4. The maximum Gasteiger partial charge on any atom is 0.409 e. The number of ketones is 1. The summed E-state index contributed by atoms with van der Waals surface area (Å²) in [5.74, 6) is -13.7. The molecular formula is C92H123ClN14O23S4. The summed E-state index contributed by atoms with van der Waals surface area (Å²) in [6, 6.07) is 10.6. The molecule has 4 heterocycles. The van der Waals surface area contributed by atoms with E-state index < -0.39 is 216 Å². The highest BCUT2D eigenvalue weighted by Gasteiger charge is 2.65. The van der Waals surface area contributed by atoms with Gasteiger partial charge in [-0.1, -0.05) is 158 Å². The van der Waals surface area contributed by atoms with Gasteiger partial charge in [-0.05, 0) is 144 Å². The van der Waals surface area contributed by atoms with Crippen LogP contribution in [0, 0.1) is 11.8 Å². The topological polar surface area (TPSA) is 548 Å². The van der Waals surface area contributed by atoms with Crippen molar-refractivity contribution in [2.24, 2.45) is 23.3 Å². The van der Waals surface area contributed by atoms with Gasteiger partial charge in [0.25, 0.3) is 0 Å². The van der Waals surface area contributed by atoms with Gasteiger partial charge in [0.2, 0.25) is 59.1 Å². The number of aliphatic hydroxyl groups is 3. The Morgan fingerprint density at radius 2 is 1.51 bits per heavy atom. The van der Waals surface area contributed by atoms with Crippen molar-refractivity contribution in [3.63, 3.8) is 0 Å². The van der Waals surface area contributed by atoms with E-state index in [-0.39, 0.29) is 97.5 Å². The number of nitrogens with one attached hydrogen (secondary N) is 10. The Hall–Kier alpha value is -10.5. The standard InChI is InChI=1S/C92H123ClN14O23S4/c1-12-96-89(123)102-63(39-54-22-14-13-15-23-54)83(117)99-65-46-133-134-48-67(101-87(121)78(53(6)109)103-82(116)62(26-18-19-35-94)97-84(118)64(42-58-31-30-57-24-16-17-25-61(57)58)98-81(115)59(43-69(65)111)38-55-28-32-60(110)33-29-55)85(119)104-77(52(5)108)86(120)100-66(80(95)114)47-132-131-36-34-74(112)106(8)51(4)88(122)129-73-44-75(113)107(9)68-40-56(41-70(126-10)76(68)93)37-49(2)21-20-27-72(127-11)92(125)45-71(128-90(124)105-92)50(3)79-91(73,7)130-79/h13-17,20-25,27-29,31-33,40-41,50-53,59,62-67,71-73,77-79,108-110,125H,12,18-19,26,30,34-39,42-48,94H2,1-11H3,(H2,95,114)(H,97,118)(H,98,115)(H,99,117)(H,100,120)(H,101,121)(H,103,116)(H,104,119)(H,105,124)(H2,96,102,123)/b27-20+,49-21+/t50-,51+,52-,53-,59-,62+,63-,64-,65+,66+,67+,71+,72-,73+,77+,78+,79+,91+,92+/m1/s1. The first-order valence-electron chi connectivity index (χ1n) is 44.2. The third-order valence-electron chi connectivity index (χ3n) is 24.0. The fourth-order valence-electron chi connectivity index (χ4n) is 15.9. The third kappa shape index (κ3) is 29.8. The molecule has 0 aromatic heterocycles. The molecule has 730 valence electrons. The van der Waals surface area contributed by atoms with E-state index >= 15 is 14.4 Å². The molecule has 4 aliphatic heterocycles. The summed E-state index contributed by atoms with van der Waals surface area (Å²) in [7, 11) is 9.50. The summed E-state index contributed by atoms with van der Waals surface area (Å²) in [5, 5.41) is 71.4. The number of halogens is 1. The molecule has 13 amide bonds. The quantitative estimate of drug-likeness (QED) is 0.0142. The summed E-state index contributed by atoms with van der Waals surface area (Å²) in [5.41, 5.74) is 13.7. The van der Waals surface area contributed by atoms with Crippen LogP contribution in [0.4, 0.5) is 15.3 Å². The monoisotopic (exact) mass is 1950 g/mol. The first-order valence-corrected chi connectivity index (χ1v) is 49.5. The average Bonchev–Trinajstić information content (AvgIpc) is 1.57. The number of unbranched alkanes of at least 4 members (excludes halogenated alkanes) is 1. The van der Waals surface area contributed by atoms with Crippen LogP contribution in [0.1, 0.15) is 128 Å². The fraction of sp³-hybridized carbons (Fsp3) is 0.522. The Bertz CT molecular complexity index is 4960. The van der Waals surface area contributed by atoms with E-state index in [9.17, 15) is 73.2 Å². The number of allylic oxidation sites excluding steroid dienone is 4. The molecule has 3 saturated heterocycles. The Morgan fingerprint density at radius 3 is 2.19 bits per heavy atom. The number of carbonyl (C=O) groups is 14. The number of primary amides is 1. The number of anilines is 1. The number of benzene rings is 4. The molecule has 5 aliphatic rings. The number of fused-ring (bicyclic) bond motifs is 6. The fourth-order valence-corrected chi connectivity index (χ4v) is 20.8. The van der Waals surface area contributed by atoms with Crippen LogP contribution in [-0.4, -0.2) is 275 Å². The molecule has 4 aromatic rings. The number of likely N-dealkylation sites (N-methyl/N-ethyl adjacent to an activating group) is 1. The van der Waals surface area contributed by atoms with Crippen molar-refractivity contribution in [2.45, 2.75) is 228 Å². The minimum absolute atomic E-state index is 0.0432. The molecule has 0 spiro atoms. The molecule has 4 aromatic carbocycles. The number of aliphatic hydroxyl groups excluding tert-OH is 2. The van der Waals surface area contributed by atoms with Gasteiger partial charge in [-0.25, -0.2) is 14.4 Å². The van der Waals surface area contributed by atoms with E-state index in [0.29, 0.717) is 41.5 Å². The van der Waals surface area contributed by atoms with Crippen molar-refractivity contribution in [1.82, 2.24) is 58.1 Å². The van der Waals surface area contributed by atoms with Crippen molar-refractivity contribution in [1.29, 1.82) is 0 Å². The number of rotatable bonds is 32. The molecule has 1 aliphatic carbocycles. The summed E-state index contributed by atoms with van der Waals surface area (Å²) in [6.07, 6.45) is -2.18. The zero-order valence-corrected chi connectivity index (χ0v) is 80.6. The number of aromatic hydroxyl groups is 1. The van der Waals surface area contributed by atoms with Crippen molar-refractivity contribution in [3.05, 3.63) is 154 Å². The number of esters is 1. The first-order chi connectivity index (χ1) is 63.7. The molecular weight excluding hydrogens is 1830 g/mol. The van der Waals surface area contributed by atoms with Crippen LogP contribution in [0.15, 0.2) is 121 Å². The first kappa shape index (κ1) is 107. The number of phenols is 1. The van der Waals surface area contributed by atoms with Crippen molar-refractivity contribution in [3.8, 4) is 11.5 Å². The van der Waals surface area contributed by atoms with Gasteiger partial charge >= 0.3 is 18.1 Å². The number of alkyl carbamates (subject to hydrolysis) is 1. The number of hydrogen-bond donors (Lipinski definition) is 16. The lowest BCUT2D eigenvalue weighted by Crippen LogP contribution is -2.63. The average molecular weight is 1960 g/mol.